The third-order valence-electron chi connectivity index (χ3n) is 4.38. The molecule has 0 saturated carbocycles. The summed E-state index contributed by atoms with van der Waals surface area (Å²) in [5.41, 5.74) is 2.18. The molecule has 1 saturated heterocycles. The first kappa shape index (κ1) is 17.0. The number of ether oxygens (including phenoxy) is 1. The minimum Gasteiger partial charge on any atom is -0.465 e. The van der Waals surface area contributed by atoms with Crippen molar-refractivity contribution in [2.24, 2.45) is 10.8 Å². The maximum absolute atomic E-state index is 12.1. The number of carbonyl (C=O) groups excluding carboxylic acids is 1. The first-order valence-corrected chi connectivity index (χ1v) is 8.24. The Balaban J connectivity index is 2.07. The number of aryl methyl sites for hydroxylation is 1. The summed E-state index contributed by atoms with van der Waals surface area (Å²) in [6.45, 7) is 10.3. The van der Waals surface area contributed by atoms with E-state index in [2.05, 4.69) is 36.5 Å². The Labute approximate surface area is 134 Å². The van der Waals surface area contributed by atoms with Crippen LogP contribution < -0.4 is 5.32 Å². The molecule has 1 N–H and O–H groups in total. The largest absolute Gasteiger partial charge is 0.465 e. The third kappa shape index (κ3) is 4.57. The SMILES string of the molecule is Cc1ccc(CC2(COC(=O)C(C)(C)C)CCCNC2)cc1. The Bertz CT molecular complexity index is 493. The van der Waals surface area contributed by atoms with Crippen molar-refractivity contribution >= 4 is 5.97 Å². The molecule has 1 aliphatic rings. The fourth-order valence-electron chi connectivity index (χ4n) is 2.93. The highest BCUT2D eigenvalue weighted by atomic mass is 16.5. The van der Waals surface area contributed by atoms with Crippen molar-refractivity contribution < 1.29 is 9.53 Å². The number of esters is 1. The number of carbonyl (C=O) groups is 1. The zero-order valence-electron chi connectivity index (χ0n) is 14.4. The Morgan fingerprint density at radius 3 is 2.50 bits per heavy atom. The topological polar surface area (TPSA) is 38.3 Å². The minimum atomic E-state index is -0.437. The number of rotatable bonds is 4. The second-order valence-electron chi connectivity index (χ2n) is 7.77. The van der Waals surface area contributed by atoms with Crippen molar-refractivity contribution in [2.75, 3.05) is 19.7 Å². The highest BCUT2D eigenvalue weighted by molar-refractivity contribution is 5.75. The third-order valence-corrected chi connectivity index (χ3v) is 4.38. The average molecular weight is 303 g/mol. The van der Waals surface area contributed by atoms with Gasteiger partial charge in [0.25, 0.3) is 0 Å². The molecule has 3 nitrogen and oxygen atoms in total. The number of nitrogens with one attached hydrogen (secondary N) is 1. The summed E-state index contributed by atoms with van der Waals surface area (Å²) in [4.78, 5) is 12.1. The van der Waals surface area contributed by atoms with E-state index in [0.717, 1.165) is 32.4 Å². The Morgan fingerprint density at radius 1 is 1.27 bits per heavy atom. The van der Waals surface area contributed by atoms with Gasteiger partial charge in [-0.15, -0.1) is 0 Å². The van der Waals surface area contributed by atoms with Gasteiger partial charge >= 0.3 is 5.97 Å². The van der Waals surface area contributed by atoms with Crippen molar-refractivity contribution in [2.45, 2.75) is 47.0 Å². The van der Waals surface area contributed by atoms with Gasteiger partial charge in [0.1, 0.15) is 0 Å². The van der Waals surface area contributed by atoms with E-state index in [1.165, 1.54) is 11.1 Å². The molecule has 22 heavy (non-hydrogen) atoms. The van der Waals surface area contributed by atoms with E-state index >= 15 is 0 Å². The molecule has 1 atom stereocenters. The summed E-state index contributed by atoms with van der Waals surface area (Å²) in [6.07, 6.45) is 3.20. The molecule has 3 heteroatoms. The summed E-state index contributed by atoms with van der Waals surface area (Å²) in [5, 5.41) is 3.48. The van der Waals surface area contributed by atoms with Crippen LogP contribution in [0.15, 0.2) is 24.3 Å². The molecule has 0 aliphatic carbocycles. The number of hydrogen-bond acceptors (Lipinski definition) is 3. The zero-order chi connectivity index (χ0) is 16.2. The van der Waals surface area contributed by atoms with Gasteiger partial charge in [0.05, 0.1) is 12.0 Å². The van der Waals surface area contributed by atoms with Gasteiger partial charge in [0, 0.05) is 12.0 Å². The molecular weight excluding hydrogens is 274 g/mol. The molecule has 1 unspecified atom stereocenters. The van der Waals surface area contributed by atoms with Crippen LogP contribution in [0.1, 0.15) is 44.7 Å². The molecule has 0 spiro atoms. The average Bonchev–Trinajstić information content (AvgIpc) is 2.47. The fraction of sp³-hybridized carbons (Fsp3) is 0.632. The number of hydrogen-bond donors (Lipinski definition) is 1. The molecule has 1 fully saturated rings. The summed E-state index contributed by atoms with van der Waals surface area (Å²) >= 11 is 0. The van der Waals surface area contributed by atoms with Crippen molar-refractivity contribution in [3.05, 3.63) is 35.4 Å². The lowest BCUT2D eigenvalue weighted by atomic mass is 9.76. The van der Waals surface area contributed by atoms with Crippen LogP contribution in [-0.4, -0.2) is 25.7 Å². The summed E-state index contributed by atoms with van der Waals surface area (Å²) in [5.74, 6) is -0.110. The molecule has 1 aromatic carbocycles. The van der Waals surface area contributed by atoms with E-state index in [4.69, 9.17) is 4.74 Å². The first-order valence-electron chi connectivity index (χ1n) is 8.24. The van der Waals surface area contributed by atoms with E-state index < -0.39 is 5.41 Å². The predicted octanol–water partition coefficient (Wildman–Crippen LogP) is 3.50. The smallest absolute Gasteiger partial charge is 0.311 e. The fourth-order valence-corrected chi connectivity index (χ4v) is 2.93. The normalized spacial score (nSPS) is 22.4. The Kier molecular flexibility index (Phi) is 5.28. The monoisotopic (exact) mass is 303 g/mol. The van der Waals surface area contributed by atoms with Crippen molar-refractivity contribution in [1.82, 2.24) is 5.32 Å². The van der Waals surface area contributed by atoms with Gasteiger partial charge in [-0.3, -0.25) is 4.79 Å². The molecule has 2 rings (SSSR count). The van der Waals surface area contributed by atoms with Crippen LogP contribution in [0.4, 0.5) is 0 Å². The van der Waals surface area contributed by atoms with Crippen LogP contribution >= 0.6 is 0 Å². The first-order chi connectivity index (χ1) is 10.3. The molecular formula is C19H29NO2. The zero-order valence-corrected chi connectivity index (χ0v) is 14.4. The van der Waals surface area contributed by atoms with E-state index in [-0.39, 0.29) is 11.4 Å². The van der Waals surface area contributed by atoms with Crippen molar-refractivity contribution in [3.63, 3.8) is 0 Å². The highest BCUT2D eigenvalue weighted by Gasteiger charge is 2.35. The number of piperidine rings is 1. The second kappa shape index (κ2) is 6.82. The van der Waals surface area contributed by atoms with Crippen molar-refractivity contribution in [3.8, 4) is 0 Å². The van der Waals surface area contributed by atoms with Crippen LogP contribution in [0.2, 0.25) is 0 Å². The van der Waals surface area contributed by atoms with Crippen LogP contribution in [0.5, 0.6) is 0 Å². The molecule has 1 aliphatic heterocycles. The second-order valence-corrected chi connectivity index (χ2v) is 7.77. The quantitative estimate of drug-likeness (QED) is 0.865. The summed E-state index contributed by atoms with van der Waals surface area (Å²) in [7, 11) is 0. The van der Waals surface area contributed by atoms with Gasteiger partial charge in [-0.25, -0.2) is 0 Å². The Morgan fingerprint density at radius 2 is 1.95 bits per heavy atom. The van der Waals surface area contributed by atoms with E-state index in [9.17, 15) is 4.79 Å². The highest BCUT2D eigenvalue weighted by Crippen LogP contribution is 2.32. The van der Waals surface area contributed by atoms with Crippen molar-refractivity contribution in [1.29, 1.82) is 0 Å². The molecule has 122 valence electrons. The van der Waals surface area contributed by atoms with Crippen LogP contribution in [0, 0.1) is 17.8 Å². The lowest BCUT2D eigenvalue weighted by Crippen LogP contribution is -2.45. The lowest BCUT2D eigenvalue weighted by molar-refractivity contribution is -0.157. The van der Waals surface area contributed by atoms with Gasteiger partial charge in [-0.05, 0) is 59.1 Å². The van der Waals surface area contributed by atoms with Gasteiger partial charge in [0.2, 0.25) is 0 Å². The van der Waals surface area contributed by atoms with Gasteiger partial charge in [0.15, 0.2) is 0 Å². The standard InChI is InChI=1S/C19H29NO2/c1-15-6-8-16(9-7-15)12-19(10-5-11-20-13-19)14-22-17(21)18(2,3)4/h6-9,20H,5,10-14H2,1-4H3. The summed E-state index contributed by atoms with van der Waals surface area (Å²) in [6, 6.07) is 8.69. The molecule has 0 bridgehead atoms. The maximum Gasteiger partial charge on any atom is 0.311 e. The van der Waals surface area contributed by atoms with Crippen LogP contribution in [-0.2, 0) is 16.0 Å². The molecule has 0 radical (unpaired) electrons. The van der Waals surface area contributed by atoms with E-state index in [0.29, 0.717) is 6.61 Å². The minimum absolute atomic E-state index is 0.0222. The van der Waals surface area contributed by atoms with E-state index in [1.807, 2.05) is 20.8 Å². The van der Waals surface area contributed by atoms with Crippen LogP contribution in [0.25, 0.3) is 0 Å². The predicted molar refractivity (Wildman–Crippen MR) is 89.8 cm³/mol. The Hall–Kier alpha value is -1.35. The molecule has 1 aromatic rings. The van der Waals surface area contributed by atoms with Crippen LogP contribution in [0.3, 0.4) is 0 Å². The van der Waals surface area contributed by atoms with E-state index in [1.54, 1.807) is 0 Å². The van der Waals surface area contributed by atoms with Gasteiger partial charge in [-0.2, -0.15) is 0 Å². The lowest BCUT2D eigenvalue weighted by Gasteiger charge is -2.38. The number of benzene rings is 1. The maximum atomic E-state index is 12.1. The molecule has 0 amide bonds. The molecule has 0 aromatic heterocycles. The summed E-state index contributed by atoms with van der Waals surface area (Å²) < 4.78 is 5.67. The van der Waals surface area contributed by atoms with Gasteiger partial charge in [-0.1, -0.05) is 29.8 Å². The molecule has 1 heterocycles. The van der Waals surface area contributed by atoms with Gasteiger partial charge < -0.3 is 10.1 Å².